The first-order valence-electron chi connectivity index (χ1n) is 8.17. The molecule has 0 radical (unpaired) electrons. The molecule has 0 spiro atoms. The van der Waals surface area contributed by atoms with Gasteiger partial charge >= 0.3 is 6.18 Å². The molecule has 1 aromatic heterocycles. The zero-order chi connectivity index (χ0) is 22.1. The van der Waals surface area contributed by atoms with E-state index >= 15 is 0 Å². The smallest absolute Gasteiger partial charge is 0.399 e. The van der Waals surface area contributed by atoms with Gasteiger partial charge < -0.3 is 5.73 Å². The lowest BCUT2D eigenvalue weighted by Gasteiger charge is -2.13. The van der Waals surface area contributed by atoms with Crippen molar-refractivity contribution < 1.29 is 22.2 Å². The Morgan fingerprint density at radius 2 is 1.83 bits per heavy atom. The van der Waals surface area contributed by atoms with Crippen molar-refractivity contribution >= 4 is 51.3 Å². The Labute approximate surface area is 181 Å². The molecule has 0 amide bonds. The van der Waals surface area contributed by atoms with Crippen LogP contribution in [0.25, 0.3) is 0 Å². The van der Waals surface area contributed by atoms with E-state index in [1.165, 1.54) is 30.5 Å². The van der Waals surface area contributed by atoms with Gasteiger partial charge in [-0.3, -0.25) is 9.52 Å². The van der Waals surface area contributed by atoms with Crippen LogP contribution in [0, 0.1) is 0 Å². The number of pyridine rings is 1. The summed E-state index contributed by atoms with van der Waals surface area (Å²) in [4.78, 5) is 16.6. The molecule has 0 aliphatic rings. The number of nitrogen functional groups attached to an aromatic ring is 1. The number of nitrogens with zero attached hydrogens (tertiary/aromatic N) is 1. The number of benzene rings is 2. The van der Waals surface area contributed by atoms with E-state index in [2.05, 4.69) is 9.71 Å². The third-order valence-electron chi connectivity index (χ3n) is 3.88. The van der Waals surface area contributed by atoms with Crippen molar-refractivity contribution in [3.05, 3.63) is 81.6 Å². The fourth-order valence-corrected chi connectivity index (χ4v) is 3.78. The molecule has 156 valence electrons. The molecule has 1 unspecified atom stereocenters. The van der Waals surface area contributed by atoms with Crippen molar-refractivity contribution in [2.75, 3.05) is 10.5 Å². The maximum absolute atomic E-state index is 13.1. The molecule has 5 nitrogen and oxygen atoms in total. The van der Waals surface area contributed by atoms with E-state index in [1.807, 2.05) is 0 Å². The van der Waals surface area contributed by atoms with Crippen LogP contribution in [-0.2, 0) is 17.2 Å². The number of anilines is 2. The van der Waals surface area contributed by atoms with Crippen molar-refractivity contribution in [2.24, 2.45) is 0 Å². The number of nitrogens with one attached hydrogen (secondary N) is 1. The van der Waals surface area contributed by atoms with Gasteiger partial charge in [-0.15, -0.1) is 0 Å². The van der Waals surface area contributed by atoms with Gasteiger partial charge in [0.2, 0.25) is 5.78 Å². The minimum atomic E-state index is -4.72. The molecule has 3 N–H and O–H groups in total. The fraction of sp³-hybridized carbons (Fsp3) is 0.0526. The Morgan fingerprint density at radius 3 is 2.50 bits per heavy atom. The summed E-state index contributed by atoms with van der Waals surface area (Å²) in [5.74, 6) is -0.537. The van der Waals surface area contributed by atoms with Gasteiger partial charge in [0, 0.05) is 17.4 Å². The van der Waals surface area contributed by atoms with Crippen LogP contribution in [0.5, 0.6) is 0 Å². The van der Waals surface area contributed by atoms with Crippen LogP contribution in [0.2, 0.25) is 10.0 Å². The molecule has 2 aromatic carbocycles. The topological polar surface area (TPSA) is 85.1 Å². The summed E-state index contributed by atoms with van der Waals surface area (Å²) >= 11 is 11.5. The molecule has 3 aromatic rings. The standard InChI is InChI=1S/C19H12Cl2F3N3O2S/c20-11-7-16(17(26-9-11)18(28)10-2-1-3-12(25)6-10)27-30(29)13-4-5-15(21)14(8-13)19(22,23)24/h1-9,27H,25H2. The van der Waals surface area contributed by atoms with Crippen LogP contribution in [0.1, 0.15) is 21.6 Å². The lowest BCUT2D eigenvalue weighted by atomic mass is 10.1. The highest BCUT2D eigenvalue weighted by atomic mass is 35.5. The predicted octanol–water partition coefficient (Wildman–Crippen LogP) is 5.36. The van der Waals surface area contributed by atoms with Gasteiger partial charge in [0.15, 0.2) is 0 Å². The lowest BCUT2D eigenvalue weighted by molar-refractivity contribution is -0.137. The fourth-order valence-electron chi connectivity index (χ4n) is 2.51. The second-order valence-electron chi connectivity index (χ2n) is 6.01. The highest BCUT2D eigenvalue weighted by Gasteiger charge is 2.34. The summed E-state index contributed by atoms with van der Waals surface area (Å²) in [6, 6.07) is 10.3. The van der Waals surface area contributed by atoms with E-state index in [4.69, 9.17) is 28.9 Å². The molecule has 1 atom stereocenters. The summed E-state index contributed by atoms with van der Waals surface area (Å²) in [6.45, 7) is 0. The van der Waals surface area contributed by atoms with Gasteiger partial charge in [0.25, 0.3) is 0 Å². The maximum atomic E-state index is 13.1. The van der Waals surface area contributed by atoms with E-state index in [-0.39, 0.29) is 26.9 Å². The summed E-state index contributed by atoms with van der Waals surface area (Å²) in [6.07, 6.45) is -3.50. The second kappa shape index (κ2) is 8.63. The van der Waals surface area contributed by atoms with Gasteiger partial charge in [-0.1, -0.05) is 35.3 Å². The van der Waals surface area contributed by atoms with Crippen LogP contribution in [-0.4, -0.2) is 15.0 Å². The third kappa shape index (κ3) is 4.92. The number of alkyl halides is 3. The number of hydrogen-bond donors (Lipinski definition) is 2. The first-order valence-corrected chi connectivity index (χ1v) is 10.1. The molecular formula is C19H12Cl2F3N3O2S. The van der Waals surface area contributed by atoms with Gasteiger partial charge in [-0.25, -0.2) is 9.19 Å². The normalized spacial score (nSPS) is 12.4. The average molecular weight is 474 g/mol. The van der Waals surface area contributed by atoms with Crippen LogP contribution in [0.15, 0.2) is 59.6 Å². The largest absolute Gasteiger partial charge is 0.417 e. The van der Waals surface area contributed by atoms with Gasteiger partial charge in [-0.2, -0.15) is 13.2 Å². The summed E-state index contributed by atoms with van der Waals surface area (Å²) in [5.41, 5.74) is 5.01. The molecule has 0 aliphatic heterocycles. The number of hydrogen-bond acceptors (Lipinski definition) is 4. The van der Waals surface area contributed by atoms with E-state index in [1.54, 1.807) is 12.1 Å². The Hall–Kier alpha value is -2.62. The molecular weight excluding hydrogens is 462 g/mol. The highest BCUT2D eigenvalue weighted by molar-refractivity contribution is 7.86. The van der Waals surface area contributed by atoms with Gasteiger partial charge in [-0.05, 0) is 36.4 Å². The molecule has 0 aliphatic carbocycles. The highest BCUT2D eigenvalue weighted by Crippen LogP contribution is 2.36. The summed E-state index contributed by atoms with van der Waals surface area (Å²) < 4.78 is 54.4. The summed E-state index contributed by atoms with van der Waals surface area (Å²) in [7, 11) is -2.17. The molecule has 3 rings (SSSR count). The molecule has 11 heteroatoms. The molecule has 1 heterocycles. The predicted molar refractivity (Wildman–Crippen MR) is 110 cm³/mol. The molecule has 0 bridgehead atoms. The van der Waals surface area contributed by atoms with Gasteiger partial charge in [0.05, 0.1) is 26.2 Å². The van der Waals surface area contributed by atoms with Crippen molar-refractivity contribution in [3.8, 4) is 0 Å². The van der Waals surface area contributed by atoms with E-state index in [0.717, 1.165) is 6.07 Å². The minimum absolute atomic E-state index is 0.0169. The Bertz CT molecular complexity index is 1160. The zero-order valence-corrected chi connectivity index (χ0v) is 17.2. The Morgan fingerprint density at radius 1 is 1.10 bits per heavy atom. The number of carbonyl (C=O) groups excluding carboxylic acids is 1. The van der Waals surface area contributed by atoms with E-state index < -0.39 is 33.5 Å². The van der Waals surface area contributed by atoms with Crippen LogP contribution in [0.3, 0.4) is 0 Å². The van der Waals surface area contributed by atoms with Crippen LogP contribution >= 0.6 is 23.2 Å². The maximum Gasteiger partial charge on any atom is 0.417 e. The number of aromatic nitrogens is 1. The van der Waals surface area contributed by atoms with Crippen molar-refractivity contribution in [1.82, 2.24) is 4.98 Å². The van der Waals surface area contributed by atoms with Crippen LogP contribution < -0.4 is 10.5 Å². The number of halogens is 5. The zero-order valence-electron chi connectivity index (χ0n) is 14.8. The summed E-state index contributed by atoms with van der Waals surface area (Å²) in [5, 5.41) is -0.393. The quantitative estimate of drug-likeness (QED) is 0.386. The Kier molecular flexibility index (Phi) is 6.35. The van der Waals surface area contributed by atoms with Crippen LogP contribution in [0.4, 0.5) is 24.5 Å². The number of rotatable bonds is 5. The number of nitrogens with two attached hydrogens (primary N) is 1. The third-order valence-corrected chi connectivity index (χ3v) is 5.50. The average Bonchev–Trinajstić information content (AvgIpc) is 2.67. The molecule has 30 heavy (non-hydrogen) atoms. The second-order valence-corrected chi connectivity index (χ2v) is 8.07. The van der Waals surface area contributed by atoms with Crippen molar-refractivity contribution in [3.63, 3.8) is 0 Å². The van der Waals surface area contributed by atoms with E-state index in [9.17, 15) is 22.2 Å². The Balaban J connectivity index is 1.97. The number of carbonyl (C=O) groups is 1. The minimum Gasteiger partial charge on any atom is -0.399 e. The SMILES string of the molecule is Nc1cccc(C(=O)c2ncc(Cl)cc2NS(=O)c2ccc(Cl)c(C(F)(F)F)c2)c1. The molecule has 0 saturated carbocycles. The van der Waals surface area contributed by atoms with E-state index in [0.29, 0.717) is 11.8 Å². The first-order chi connectivity index (χ1) is 14.1. The lowest BCUT2D eigenvalue weighted by Crippen LogP contribution is -2.13. The first kappa shape index (κ1) is 22.1. The van der Waals surface area contributed by atoms with Crippen molar-refractivity contribution in [1.29, 1.82) is 0 Å². The van der Waals surface area contributed by atoms with Crippen molar-refractivity contribution in [2.45, 2.75) is 11.1 Å². The number of ketones is 1. The molecule has 0 saturated heterocycles. The van der Waals surface area contributed by atoms with Gasteiger partial charge in [0.1, 0.15) is 16.7 Å². The molecule has 0 fully saturated rings. The monoisotopic (exact) mass is 473 g/mol.